The molecule has 1 aliphatic heterocycles. The van der Waals surface area contributed by atoms with E-state index in [1.54, 1.807) is 35.2 Å². The first-order valence-corrected chi connectivity index (χ1v) is 9.38. The summed E-state index contributed by atoms with van der Waals surface area (Å²) in [4.78, 5) is 27.0. The number of amides is 2. The van der Waals surface area contributed by atoms with Crippen LogP contribution in [0.4, 0.5) is 5.69 Å². The predicted octanol–water partition coefficient (Wildman–Crippen LogP) is 4.46. The summed E-state index contributed by atoms with van der Waals surface area (Å²) >= 11 is 5.91. The molecule has 1 heterocycles. The highest BCUT2D eigenvalue weighted by molar-refractivity contribution is 6.30. The third-order valence-electron chi connectivity index (χ3n) is 4.79. The minimum atomic E-state index is -0.0664. The normalized spacial score (nSPS) is 14.5. The fraction of sp³-hybridized carbons (Fsp3) is 0.333. The van der Waals surface area contributed by atoms with E-state index in [-0.39, 0.29) is 17.9 Å². The lowest BCUT2D eigenvalue weighted by Crippen LogP contribution is -2.36. The maximum atomic E-state index is 12.9. The molecule has 0 fully saturated rings. The number of anilines is 1. The molecule has 0 saturated heterocycles. The molecule has 1 N–H and O–H groups in total. The first-order chi connectivity index (χ1) is 12.5. The number of nitrogens with zero attached hydrogens (tertiary/aromatic N) is 1. The molecule has 0 unspecified atom stereocenters. The highest BCUT2D eigenvalue weighted by Gasteiger charge is 2.24. The van der Waals surface area contributed by atoms with Gasteiger partial charge in [0.25, 0.3) is 11.8 Å². The average Bonchev–Trinajstić information content (AvgIpc) is 2.66. The van der Waals surface area contributed by atoms with Crippen molar-refractivity contribution in [2.24, 2.45) is 0 Å². The number of benzene rings is 2. The zero-order valence-corrected chi connectivity index (χ0v) is 15.8. The van der Waals surface area contributed by atoms with Gasteiger partial charge in [0.05, 0.1) is 0 Å². The van der Waals surface area contributed by atoms with Crippen molar-refractivity contribution in [3.8, 4) is 0 Å². The second-order valence-corrected chi connectivity index (χ2v) is 7.13. The third-order valence-corrected chi connectivity index (χ3v) is 5.04. The minimum absolute atomic E-state index is 0.0422. The summed E-state index contributed by atoms with van der Waals surface area (Å²) in [6.45, 7) is 4.70. The van der Waals surface area contributed by atoms with Gasteiger partial charge in [-0.05, 0) is 74.2 Å². The molecule has 2 aromatic carbocycles. The van der Waals surface area contributed by atoms with Crippen molar-refractivity contribution >= 4 is 29.1 Å². The zero-order chi connectivity index (χ0) is 18.7. The maximum absolute atomic E-state index is 12.9. The summed E-state index contributed by atoms with van der Waals surface area (Å²) in [5.41, 5.74) is 3.18. The third kappa shape index (κ3) is 3.91. The van der Waals surface area contributed by atoms with Crippen LogP contribution < -0.4 is 10.2 Å². The Labute approximate surface area is 159 Å². The Kier molecular flexibility index (Phi) is 5.62. The molecule has 0 aromatic heterocycles. The number of rotatable bonds is 4. The number of carbonyl (C=O) groups is 2. The first kappa shape index (κ1) is 18.5. The van der Waals surface area contributed by atoms with Crippen LogP contribution in [-0.2, 0) is 6.42 Å². The molecule has 1 aliphatic rings. The summed E-state index contributed by atoms with van der Waals surface area (Å²) in [6, 6.07) is 12.7. The van der Waals surface area contributed by atoms with Crippen molar-refractivity contribution in [1.82, 2.24) is 5.32 Å². The molecular weight excluding hydrogens is 348 g/mol. The highest BCUT2D eigenvalue weighted by Crippen LogP contribution is 2.29. The van der Waals surface area contributed by atoms with Crippen LogP contribution in [0.15, 0.2) is 42.5 Å². The lowest BCUT2D eigenvalue weighted by atomic mass is 9.98. The van der Waals surface area contributed by atoms with Crippen LogP contribution in [0.5, 0.6) is 0 Å². The summed E-state index contributed by atoms with van der Waals surface area (Å²) in [5.74, 6) is -0.109. The Morgan fingerprint density at radius 1 is 1.15 bits per heavy atom. The molecule has 0 aliphatic carbocycles. The van der Waals surface area contributed by atoms with Crippen LogP contribution in [0.1, 0.15) is 53.0 Å². The van der Waals surface area contributed by atoms with Gasteiger partial charge in [-0.15, -0.1) is 0 Å². The SMILES string of the molecule is CC[C@H](C)NC(=O)c1ccc2c(c1)CCCN2C(=O)c1ccc(Cl)cc1. The van der Waals surface area contributed by atoms with Crippen LogP contribution >= 0.6 is 11.6 Å². The smallest absolute Gasteiger partial charge is 0.258 e. The number of nitrogens with one attached hydrogen (secondary N) is 1. The number of halogens is 1. The van der Waals surface area contributed by atoms with Crippen LogP contribution in [-0.4, -0.2) is 24.4 Å². The quantitative estimate of drug-likeness (QED) is 0.863. The number of aryl methyl sites for hydroxylation is 1. The van der Waals surface area contributed by atoms with Gasteiger partial charge in [-0.1, -0.05) is 18.5 Å². The number of hydrogen-bond acceptors (Lipinski definition) is 2. The Bertz CT molecular complexity index is 817. The van der Waals surface area contributed by atoms with Gasteiger partial charge in [0.1, 0.15) is 0 Å². The lowest BCUT2D eigenvalue weighted by Gasteiger charge is -2.30. The average molecular weight is 371 g/mol. The predicted molar refractivity (Wildman–Crippen MR) is 105 cm³/mol. The Morgan fingerprint density at radius 2 is 1.85 bits per heavy atom. The lowest BCUT2D eigenvalue weighted by molar-refractivity contribution is 0.0938. The van der Waals surface area contributed by atoms with Gasteiger partial charge in [0.2, 0.25) is 0 Å². The Balaban J connectivity index is 1.85. The molecular formula is C21H23ClN2O2. The van der Waals surface area contributed by atoms with Crippen molar-refractivity contribution < 1.29 is 9.59 Å². The van der Waals surface area contributed by atoms with Crippen molar-refractivity contribution in [3.05, 3.63) is 64.2 Å². The van der Waals surface area contributed by atoms with Gasteiger partial charge < -0.3 is 10.2 Å². The largest absolute Gasteiger partial charge is 0.350 e. The fourth-order valence-electron chi connectivity index (χ4n) is 3.11. The first-order valence-electron chi connectivity index (χ1n) is 9.01. The van der Waals surface area contributed by atoms with Crippen molar-refractivity contribution in [2.75, 3.05) is 11.4 Å². The van der Waals surface area contributed by atoms with E-state index in [1.807, 2.05) is 26.0 Å². The number of carbonyl (C=O) groups excluding carboxylic acids is 2. The van der Waals surface area contributed by atoms with E-state index in [0.29, 0.717) is 22.7 Å². The molecule has 4 nitrogen and oxygen atoms in total. The number of fused-ring (bicyclic) bond motifs is 1. The van der Waals surface area contributed by atoms with Gasteiger partial charge in [-0.25, -0.2) is 0 Å². The Morgan fingerprint density at radius 3 is 2.54 bits per heavy atom. The van der Waals surface area contributed by atoms with Crippen LogP contribution in [0.2, 0.25) is 5.02 Å². The van der Waals surface area contributed by atoms with Crippen LogP contribution in [0, 0.1) is 0 Å². The van der Waals surface area contributed by atoms with E-state index in [2.05, 4.69) is 5.32 Å². The van der Waals surface area contributed by atoms with E-state index >= 15 is 0 Å². The van der Waals surface area contributed by atoms with Crippen molar-refractivity contribution in [1.29, 1.82) is 0 Å². The monoisotopic (exact) mass is 370 g/mol. The summed E-state index contributed by atoms with van der Waals surface area (Å²) in [7, 11) is 0. The second kappa shape index (κ2) is 7.92. The van der Waals surface area contributed by atoms with Gasteiger partial charge in [0.15, 0.2) is 0 Å². The van der Waals surface area contributed by atoms with Gasteiger partial charge in [0, 0.05) is 34.4 Å². The fourth-order valence-corrected chi connectivity index (χ4v) is 3.23. The Hall–Kier alpha value is -2.33. The summed E-state index contributed by atoms with van der Waals surface area (Å²) in [5, 5.41) is 3.59. The molecule has 0 radical (unpaired) electrons. The summed E-state index contributed by atoms with van der Waals surface area (Å²) < 4.78 is 0. The number of hydrogen-bond donors (Lipinski definition) is 1. The standard InChI is InChI=1S/C21H23ClN2O2/c1-3-14(2)23-20(25)17-8-11-19-16(13-17)5-4-12-24(19)21(26)15-6-9-18(22)10-7-15/h6-11,13-14H,3-5,12H2,1-2H3,(H,23,25)/t14-/m0/s1. The van der Waals surface area contributed by atoms with Crippen molar-refractivity contribution in [3.63, 3.8) is 0 Å². The van der Waals surface area contributed by atoms with Gasteiger partial charge >= 0.3 is 0 Å². The molecule has 0 saturated carbocycles. The minimum Gasteiger partial charge on any atom is -0.350 e. The van der Waals surface area contributed by atoms with E-state index in [9.17, 15) is 9.59 Å². The molecule has 0 spiro atoms. The van der Waals surface area contributed by atoms with E-state index in [1.165, 1.54) is 0 Å². The molecule has 2 amide bonds. The highest BCUT2D eigenvalue weighted by atomic mass is 35.5. The maximum Gasteiger partial charge on any atom is 0.258 e. The molecule has 2 aromatic rings. The van der Waals surface area contributed by atoms with E-state index < -0.39 is 0 Å². The molecule has 3 rings (SSSR count). The topological polar surface area (TPSA) is 49.4 Å². The molecule has 26 heavy (non-hydrogen) atoms. The molecule has 5 heteroatoms. The van der Waals surface area contributed by atoms with E-state index in [4.69, 9.17) is 11.6 Å². The van der Waals surface area contributed by atoms with Crippen LogP contribution in [0.25, 0.3) is 0 Å². The van der Waals surface area contributed by atoms with Gasteiger partial charge in [-0.3, -0.25) is 9.59 Å². The van der Waals surface area contributed by atoms with Gasteiger partial charge in [-0.2, -0.15) is 0 Å². The molecule has 0 bridgehead atoms. The second-order valence-electron chi connectivity index (χ2n) is 6.69. The van der Waals surface area contributed by atoms with E-state index in [0.717, 1.165) is 30.5 Å². The molecule has 136 valence electrons. The summed E-state index contributed by atoms with van der Waals surface area (Å²) in [6.07, 6.45) is 2.63. The zero-order valence-electron chi connectivity index (χ0n) is 15.1. The van der Waals surface area contributed by atoms with Crippen molar-refractivity contribution in [2.45, 2.75) is 39.2 Å². The van der Waals surface area contributed by atoms with Crippen LogP contribution in [0.3, 0.4) is 0 Å². The molecule has 1 atom stereocenters.